The Hall–Kier alpha value is -1.22. The maximum absolute atomic E-state index is 11.6. The Balaban J connectivity index is 2.43. The van der Waals surface area contributed by atoms with Gasteiger partial charge in [-0.25, -0.2) is 0 Å². The first-order chi connectivity index (χ1) is 7.61. The lowest BCUT2D eigenvalue weighted by Gasteiger charge is -2.35. The summed E-state index contributed by atoms with van der Waals surface area (Å²) >= 11 is 5.99. The molecule has 1 unspecified atom stereocenters. The minimum absolute atomic E-state index is 0.0372. The number of hydrogen-bond donors (Lipinski definition) is 1. The lowest BCUT2D eigenvalue weighted by Crippen LogP contribution is -2.43. The van der Waals surface area contributed by atoms with Crippen LogP contribution in [0.25, 0.3) is 0 Å². The molecule has 1 aromatic rings. The van der Waals surface area contributed by atoms with Gasteiger partial charge in [-0.1, -0.05) is 18.5 Å². The van der Waals surface area contributed by atoms with Crippen LogP contribution >= 0.6 is 11.6 Å². The summed E-state index contributed by atoms with van der Waals surface area (Å²) in [7, 11) is 0. The normalized spacial score (nSPS) is 16.7. The number of benzene rings is 1. The van der Waals surface area contributed by atoms with Crippen molar-refractivity contribution in [1.29, 1.82) is 0 Å². The van der Waals surface area contributed by atoms with E-state index in [2.05, 4.69) is 24.1 Å². The van der Waals surface area contributed by atoms with Crippen LogP contribution in [0, 0.1) is 0 Å². The highest BCUT2D eigenvalue weighted by molar-refractivity contribution is 6.31. The first-order valence-corrected chi connectivity index (χ1v) is 5.85. The third-order valence-electron chi connectivity index (χ3n) is 2.98. The van der Waals surface area contributed by atoms with Crippen LogP contribution in [0.4, 0.5) is 11.4 Å². The monoisotopic (exact) mass is 238 g/mol. The van der Waals surface area contributed by atoms with E-state index in [-0.39, 0.29) is 5.91 Å². The standard InChI is InChI=1S/C12H15ClN2O/c1-3-8(2)15-7-12(16)14-10-5-4-9(13)6-11(10)15/h4-6,8H,3,7H2,1-2H3,(H,14,16). The third-order valence-corrected chi connectivity index (χ3v) is 3.22. The lowest BCUT2D eigenvalue weighted by atomic mass is 10.1. The number of nitrogens with one attached hydrogen (secondary N) is 1. The van der Waals surface area contributed by atoms with Gasteiger partial charge < -0.3 is 10.2 Å². The van der Waals surface area contributed by atoms with Crippen LogP contribution in [0.5, 0.6) is 0 Å². The van der Waals surface area contributed by atoms with Crippen LogP contribution in [0.1, 0.15) is 20.3 Å². The van der Waals surface area contributed by atoms with Gasteiger partial charge in [-0.15, -0.1) is 0 Å². The first-order valence-electron chi connectivity index (χ1n) is 5.48. The fraction of sp³-hybridized carbons (Fsp3) is 0.417. The van der Waals surface area contributed by atoms with Gasteiger partial charge in [0, 0.05) is 11.1 Å². The molecule has 1 N–H and O–H groups in total. The van der Waals surface area contributed by atoms with E-state index in [1.54, 1.807) is 6.07 Å². The minimum atomic E-state index is 0.0372. The van der Waals surface area contributed by atoms with Crippen molar-refractivity contribution < 1.29 is 4.79 Å². The summed E-state index contributed by atoms with van der Waals surface area (Å²) in [4.78, 5) is 13.7. The van der Waals surface area contributed by atoms with Crippen molar-refractivity contribution in [3.05, 3.63) is 23.2 Å². The van der Waals surface area contributed by atoms with E-state index in [1.807, 2.05) is 12.1 Å². The second kappa shape index (κ2) is 4.34. The van der Waals surface area contributed by atoms with Gasteiger partial charge in [0.2, 0.25) is 5.91 Å². The summed E-state index contributed by atoms with van der Waals surface area (Å²) in [6.07, 6.45) is 0.999. The van der Waals surface area contributed by atoms with Crippen molar-refractivity contribution >= 4 is 28.9 Å². The largest absolute Gasteiger partial charge is 0.358 e. The van der Waals surface area contributed by atoms with Crippen LogP contribution in [0.2, 0.25) is 5.02 Å². The Morgan fingerprint density at radius 2 is 2.31 bits per heavy atom. The second-order valence-corrected chi connectivity index (χ2v) is 4.53. The van der Waals surface area contributed by atoms with Crippen LogP contribution in [0.15, 0.2) is 18.2 Å². The van der Waals surface area contributed by atoms with E-state index in [9.17, 15) is 4.79 Å². The van der Waals surface area contributed by atoms with E-state index < -0.39 is 0 Å². The molecule has 0 fully saturated rings. The van der Waals surface area contributed by atoms with Gasteiger partial charge in [0.1, 0.15) is 0 Å². The van der Waals surface area contributed by atoms with Gasteiger partial charge in [0.25, 0.3) is 0 Å². The molecule has 0 saturated carbocycles. The highest BCUT2D eigenvalue weighted by Gasteiger charge is 2.24. The molecule has 2 rings (SSSR count). The highest BCUT2D eigenvalue weighted by atomic mass is 35.5. The van der Waals surface area contributed by atoms with E-state index in [0.29, 0.717) is 17.6 Å². The van der Waals surface area contributed by atoms with Crippen LogP contribution in [0.3, 0.4) is 0 Å². The topological polar surface area (TPSA) is 32.3 Å². The van der Waals surface area contributed by atoms with Gasteiger partial charge in [0.05, 0.1) is 17.9 Å². The van der Waals surface area contributed by atoms with Crippen molar-refractivity contribution in [1.82, 2.24) is 0 Å². The molecule has 0 bridgehead atoms. The average Bonchev–Trinajstić information content (AvgIpc) is 2.27. The summed E-state index contributed by atoms with van der Waals surface area (Å²) in [5, 5.41) is 3.55. The maximum Gasteiger partial charge on any atom is 0.243 e. The number of fused-ring (bicyclic) bond motifs is 1. The number of nitrogens with zero attached hydrogens (tertiary/aromatic N) is 1. The summed E-state index contributed by atoms with van der Waals surface area (Å²) in [5.74, 6) is 0.0372. The number of anilines is 2. The molecule has 1 aliphatic rings. The Labute approximate surface area is 100 Å². The average molecular weight is 239 g/mol. The van der Waals surface area contributed by atoms with Crippen molar-refractivity contribution in [2.45, 2.75) is 26.3 Å². The molecular formula is C12H15ClN2O. The molecule has 86 valence electrons. The fourth-order valence-electron chi connectivity index (χ4n) is 1.89. The third kappa shape index (κ3) is 2.00. The molecular weight excluding hydrogens is 224 g/mol. The molecule has 1 aromatic carbocycles. The summed E-state index contributed by atoms with van der Waals surface area (Å²) in [5.41, 5.74) is 1.86. The van der Waals surface area contributed by atoms with E-state index in [0.717, 1.165) is 17.8 Å². The lowest BCUT2D eigenvalue weighted by molar-refractivity contribution is -0.115. The molecule has 0 aliphatic carbocycles. The number of carbonyl (C=O) groups is 1. The Kier molecular flexibility index (Phi) is 3.06. The van der Waals surface area contributed by atoms with Crippen molar-refractivity contribution in [3.63, 3.8) is 0 Å². The minimum Gasteiger partial charge on any atom is -0.358 e. The Bertz CT molecular complexity index is 419. The Morgan fingerprint density at radius 3 is 3.00 bits per heavy atom. The highest BCUT2D eigenvalue weighted by Crippen LogP contribution is 2.33. The summed E-state index contributed by atoms with van der Waals surface area (Å²) < 4.78 is 0. The zero-order valence-electron chi connectivity index (χ0n) is 9.46. The predicted molar refractivity (Wildman–Crippen MR) is 67.2 cm³/mol. The molecule has 1 aliphatic heterocycles. The first kappa shape index (κ1) is 11.3. The SMILES string of the molecule is CCC(C)N1CC(=O)Nc2ccc(Cl)cc21. The zero-order valence-corrected chi connectivity index (χ0v) is 10.2. The fourth-order valence-corrected chi connectivity index (χ4v) is 2.06. The van der Waals surface area contributed by atoms with Crippen molar-refractivity contribution in [2.24, 2.45) is 0 Å². The van der Waals surface area contributed by atoms with E-state index in [1.165, 1.54) is 0 Å². The molecule has 0 spiro atoms. The second-order valence-electron chi connectivity index (χ2n) is 4.09. The van der Waals surface area contributed by atoms with Crippen LogP contribution in [-0.2, 0) is 4.79 Å². The van der Waals surface area contributed by atoms with Gasteiger partial charge in [0.15, 0.2) is 0 Å². The van der Waals surface area contributed by atoms with Gasteiger partial charge >= 0.3 is 0 Å². The number of carbonyl (C=O) groups excluding carboxylic acids is 1. The summed E-state index contributed by atoms with van der Waals surface area (Å²) in [6.45, 7) is 4.63. The number of amides is 1. The maximum atomic E-state index is 11.6. The van der Waals surface area contributed by atoms with Gasteiger partial charge in [-0.2, -0.15) is 0 Å². The van der Waals surface area contributed by atoms with E-state index in [4.69, 9.17) is 11.6 Å². The molecule has 16 heavy (non-hydrogen) atoms. The van der Waals surface area contributed by atoms with Crippen molar-refractivity contribution in [2.75, 3.05) is 16.8 Å². The molecule has 0 saturated heterocycles. The van der Waals surface area contributed by atoms with Crippen LogP contribution < -0.4 is 10.2 Å². The van der Waals surface area contributed by atoms with E-state index >= 15 is 0 Å². The number of hydrogen-bond acceptors (Lipinski definition) is 2. The Morgan fingerprint density at radius 1 is 1.56 bits per heavy atom. The summed E-state index contributed by atoms with van der Waals surface area (Å²) in [6, 6.07) is 5.89. The number of halogens is 1. The smallest absolute Gasteiger partial charge is 0.243 e. The quantitative estimate of drug-likeness (QED) is 0.859. The van der Waals surface area contributed by atoms with Gasteiger partial charge in [-0.05, 0) is 31.5 Å². The van der Waals surface area contributed by atoms with Crippen molar-refractivity contribution in [3.8, 4) is 0 Å². The predicted octanol–water partition coefficient (Wildman–Crippen LogP) is 2.90. The van der Waals surface area contributed by atoms with Gasteiger partial charge in [-0.3, -0.25) is 4.79 Å². The number of rotatable bonds is 2. The molecule has 1 amide bonds. The molecule has 1 heterocycles. The molecule has 0 aromatic heterocycles. The molecule has 4 heteroatoms. The molecule has 3 nitrogen and oxygen atoms in total. The molecule has 1 atom stereocenters. The molecule has 0 radical (unpaired) electrons. The zero-order chi connectivity index (χ0) is 11.7. The van der Waals surface area contributed by atoms with Crippen LogP contribution in [-0.4, -0.2) is 18.5 Å².